The first kappa shape index (κ1) is 9.67. The van der Waals surface area contributed by atoms with Crippen molar-refractivity contribution >= 4 is 6.21 Å². The quantitative estimate of drug-likeness (QED) is 0.567. The summed E-state index contributed by atoms with van der Waals surface area (Å²) in [6, 6.07) is 0. The van der Waals surface area contributed by atoms with Crippen LogP contribution in [0.3, 0.4) is 0 Å². The summed E-state index contributed by atoms with van der Waals surface area (Å²) < 4.78 is 0. The summed E-state index contributed by atoms with van der Waals surface area (Å²) in [4.78, 5) is 0. The lowest BCUT2D eigenvalue weighted by molar-refractivity contribution is 0.537. The summed E-state index contributed by atoms with van der Waals surface area (Å²) in [5, 5.41) is 6.89. The zero-order valence-corrected chi connectivity index (χ0v) is 7.28. The van der Waals surface area contributed by atoms with Crippen LogP contribution in [-0.4, -0.2) is 6.21 Å². The third kappa shape index (κ3) is 5.80. The molecule has 0 aliphatic heterocycles. The zero-order chi connectivity index (χ0) is 7.98. The molecule has 0 aromatic rings. The van der Waals surface area contributed by atoms with Gasteiger partial charge in [0.05, 0.1) is 0 Å². The van der Waals surface area contributed by atoms with Crippen molar-refractivity contribution in [2.45, 2.75) is 40.0 Å². The second-order valence-electron chi connectivity index (χ2n) is 3.29. The van der Waals surface area contributed by atoms with E-state index >= 15 is 0 Å². The van der Waals surface area contributed by atoms with E-state index in [0.29, 0.717) is 5.92 Å². The molecule has 0 heterocycles. The van der Waals surface area contributed by atoms with Crippen molar-refractivity contribution in [3.05, 3.63) is 5.92 Å². The van der Waals surface area contributed by atoms with Gasteiger partial charge in [-0.3, -0.25) is 0 Å². The van der Waals surface area contributed by atoms with Crippen molar-refractivity contribution < 1.29 is 0 Å². The van der Waals surface area contributed by atoms with Gasteiger partial charge in [-0.15, -0.1) is 0 Å². The molecule has 10 heavy (non-hydrogen) atoms. The highest BCUT2D eigenvalue weighted by Crippen LogP contribution is 2.14. The SMILES string of the molecule is C[C](C)CCC(C)CC=N. The summed E-state index contributed by atoms with van der Waals surface area (Å²) in [7, 11) is 0. The minimum atomic E-state index is 0.687. The van der Waals surface area contributed by atoms with E-state index in [1.54, 1.807) is 0 Å². The first-order chi connectivity index (χ1) is 4.66. The molecule has 0 spiro atoms. The Morgan fingerprint density at radius 3 is 2.50 bits per heavy atom. The molecule has 1 heteroatoms. The molecule has 1 nitrogen and oxygen atoms in total. The van der Waals surface area contributed by atoms with Gasteiger partial charge in [-0.25, -0.2) is 0 Å². The van der Waals surface area contributed by atoms with E-state index in [1.165, 1.54) is 25.0 Å². The highest BCUT2D eigenvalue weighted by molar-refractivity contribution is 5.53. The third-order valence-corrected chi connectivity index (χ3v) is 1.66. The van der Waals surface area contributed by atoms with Crippen molar-refractivity contribution in [3.8, 4) is 0 Å². The van der Waals surface area contributed by atoms with Crippen LogP contribution < -0.4 is 0 Å². The van der Waals surface area contributed by atoms with Gasteiger partial charge in [0.15, 0.2) is 0 Å². The second-order valence-corrected chi connectivity index (χ2v) is 3.29. The summed E-state index contributed by atoms with van der Waals surface area (Å²) in [6.07, 6.45) is 4.90. The van der Waals surface area contributed by atoms with Crippen LogP contribution in [0, 0.1) is 17.2 Å². The van der Waals surface area contributed by atoms with Gasteiger partial charge < -0.3 is 5.41 Å². The van der Waals surface area contributed by atoms with Crippen LogP contribution in [-0.2, 0) is 0 Å². The van der Waals surface area contributed by atoms with Crippen LogP contribution in [0.15, 0.2) is 0 Å². The maximum absolute atomic E-state index is 6.89. The lowest BCUT2D eigenvalue weighted by Gasteiger charge is -2.08. The summed E-state index contributed by atoms with van der Waals surface area (Å²) in [5.74, 6) is 2.18. The fourth-order valence-corrected chi connectivity index (χ4v) is 0.854. The molecular formula is C9H18N. The van der Waals surface area contributed by atoms with Crippen LogP contribution in [0.2, 0.25) is 0 Å². The topological polar surface area (TPSA) is 23.9 Å². The molecule has 1 N–H and O–H groups in total. The largest absolute Gasteiger partial charge is 0.313 e. The van der Waals surface area contributed by atoms with Gasteiger partial charge >= 0.3 is 0 Å². The Morgan fingerprint density at radius 1 is 1.50 bits per heavy atom. The predicted molar refractivity (Wildman–Crippen MR) is 46.4 cm³/mol. The smallest absolute Gasteiger partial charge is 0.00451 e. The van der Waals surface area contributed by atoms with Crippen molar-refractivity contribution in [2.24, 2.45) is 5.92 Å². The van der Waals surface area contributed by atoms with E-state index in [-0.39, 0.29) is 0 Å². The first-order valence-electron chi connectivity index (χ1n) is 3.94. The van der Waals surface area contributed by atoms with Crippen molar-refractivity contribution in [1.82, 2.24) is 0 Å². The van der Waals surface area contributed by atoms with Gasteiger partial charge in [-0.2, -0.15) is 0 Å². The van der Waals surface area contributed by atoms with Gasteiger partial charge in [-0.1, -0.05) is 20.8 Å². The fourth-order valence-electron chi connectivity index (χ4n) is 0.854. The summed E-state index contributed by atoms with van der Waals surface area (Å²) in [6.45, 7) is 6.53. The summed E-state index contributed by atoms with van der Waals surface area (Å²) >= 11 is 0. The number of rotatable bonds is 5. The fraction of sp³-hybridized carbons (Fsp3) is 0.778. The zero-order valence-electron chi connectivity index (χ0n) is 7.28. The Hall–Kier alpha value is -0.330. The van der Waals surface area contributed by atoms with E-state index < -0.39 is 0 Å². The monoisotopic (exact) mass is 140 g/mol. The molecule has 0 rings (SSSR count). The van der Waals surface area contributed by atoms with E-state index in [4.69, 9.17) is 5.41 Å². The summed E-state index contributed by atoms with van der Waals surface area (Å²) in [5.41, 5.74) is 0. The van der Waals surface area contributed by atoms with Gasteiger partial charge in [0.1, 0.15) is 0 Å². The van der Waals surface area contributed by atoms with Gasteiger partial charge in [-0.05, 0) is 37.3 Å². The molecule has 0 bridgehead atoms. The molecule has 0 aromatic carbocycles. The van der Waals surface area contributed by atoms with Crippen molar-refractivity contribution in [1.29, 1.82) is 5.41 Å². The number of hydrogen-bond donors (Lipinski definition) is 1. The predicted octanol–water partition coefficient (Wildman–Crippen LogP) is 3.06. The lowest BCUT2D eigenvalue weighted by Crippen LogP contribution is -1.96. The van der Waals surface area contributed by atoms with Crippen LogP contribution in [0.1, 0.15) is 40.0 Å². The molecule has 0 fully saturated rings. The number of nitrogens with one attached hydrogen (secondary N) is 1. The molecular weight excluding hydrogens is 122 g/mol. The lowest BCUT2D eigenvalue weighted by atomic mass is 9.97. The first-order valence-corrected chi connectivity index (χ1v) is 3.94. The van der Waals surface area contributed by atoms with Crippen molar-refractivity contribution in [3.63, 3.8) is 0 Å². The molecule has 0 aliphatic rings. The highest BCUT2D eigenvalue weighted by Gasteiger charge is 2.01. The molecule has 0 aliphatic carbocycles. The standard InChI is InChI=1S/C9H18N/c1-8(2)4-5-9(3)6-7-10/h7,9-10H,4-6H2,1-3H3. The van der Waals surface area contributed by atoms with E-state index in [1.807, 2.05) is 0 Å². The molecule has 0 saturated heterocycles. The minimum Gasteiger partial charge on any atom is -0.313 e. The van der Waals surface area contributed by atoms with Crippen LogP contribution in [0.25, 0.3) is 0 Å². The molecule has 0 amide bonds. The Morgan fingerprint density at radius 2 is 2.10 bits per heavy atom. The number of hydrogen-bond acceptors (Lipinski definition) is 1. The molecule has 0 aromatic heterocycles. The van der Waals surface area contributed by atoms with E-state index in [2.05, 4.69) is 20.8 Å². The molecule has 1 atom stereocenters. The Labute approximate surface area is 64.3 Å². The Balaban J connectivity index is 3.20. The van der Waals surface area contributed by atoms with E-state index in [0.717, 1.165) is 6.42 Å². The maximum atomic E-state index is 6.89. The minimum absolute atomic E-state index is 0.687. The van der Waals surface area contributed by atoms with Crippen LogP contribution >= 0.6 is 0 Å². The molecule has 59 valence electrons. The third-order valence-electron chi connectivity index (χ3n) is 1.66. The van der Waals surface area contributed by atoms with E-state index in [9.17, 15) is 0 Å². The second kappa shape index (κ2) is 5.45. The maximum Gasteiger partial charge on any atom is -0.00451 e. The molecule has 1 unspecified atom stereocenters. The van der Waals surface area contributed by atoms with Crippen LogP contribution in [0.4, 0.5) is 0 Å². The van der Waals surface area contributed by atoms with Crippen molar-refractivity contribution in [2.75, 3.05) is 0 Å². The van der Waals surface area contributed by atoms with Gasteiger partial charge in [0.2, 0.25) is 0 Å². The van der Waals surface area contributed by atoms with Gasteiger partial charge in [0, 0.05) is 0 Å². The van der Waals surface area contributed by atoms with Gasteiger partial charge in [0.25, 0.3) is 0 Å². The average molecular weight is 140 g/mol. The Kier molecular flexibility index (Phi) is 5.27. The average Bonchev–Trinajstić information content (AvgIpc) is 1.85. The van der Waals surface area contributed by atoms with Crippen LogP contribution in [0.5, 0.6) is 0 Å². The highest BCUT2D eigenvalue weighted by atomic mass is 14.3. The Bertz CT molecular complexity index is 86.7. The molecule has 0 saturated carbocycles. The normalized spacial score (nSPS) is 13.6. The molecule has 1 radical (unpaired) electrons.